The number of rotatable bonds is 3. The lowest BCUT2D eigenvalue weighted by Gasteiger charge is -2.36. The van der Waals surface area contributed by atoms with Crippen LogP contribution in [0.25, 0.3) is 0 Å². The average molecular weight is 277 g/mol. The molecule has 1 fully saturated rings. The Morgan fingerprint density at radius 2 is 1.85 bits per heavy atom. The predicted octanol–water partition coefficient (Wildman–Crippen LogP) is 1.59. The molecule has 5 heteroatoms. The Labute approximate surface area is 122 Å². The van der Waals surface area contributed by atoms with Crippen molar-refractivity contribution in [2.45, 2.75) is 32.1 Å². The maximum atomic E-state index is 5.92. The fraction of sp³-hybridized carbons (Fsp3) is 0.533. The number of hydrogen-bond donors (Lipinski definition) is 3. The summed E-state index contributed by atoms with van der Waals surface area (Å²) in [5.74, 6) is 11.3. The van der Waals surface area contributed by atoms with Crippen LogP contribution in [-0.4, -0.2) is 26.4 Å². The summed E-state index contributed by atoms with van der Waals surface area (Å²) in [5, 5.41) is 8.82. The third kappa shape index (κ3) is 3.49. The molecular weight excluding hydrogens is 250 g/mol. The Hall–Kier alpha value is -1.59. The van der Waals surface area contributed by atoms with Crippen LogP contribution in [0.1, 0.15) is 32.3 Å². The Kier molecular flexibility index (Phi) is 6.48. The first-order valence-corrected chi connectivity index (χ1v) is 7.23. The van der Waals surface area contributed by atoms with Crippen molar-refractivity contribution >= 4 is 11.9 Å². The van der Waals surface area contributed by atoms with Crippen LogP contribution in [-0.2, 0) is 5.41 Å². The summed E-state index contributed by atoms with van der Waals surface area (Å²) in [7, 11) is 1.85. The number of anilines is 1. The summed E-state index contributed by atoms with van der Waals surface area (Å²) in [6.45, 7) is 5.93. The van der Waals surface area contributed by atoms with Crippen LogP contribution in [0.2, 0.25) is 0 Å². The molecule has 112 valence electrons. The summed E-state index contributed by atoms with van der Waals surface area (Å²) in [4.78, 5) is 0. The Morgan fingerprint density at radius 1 is 1.25 bits per heavy atom. The highest BCUT2D eigenvalue weighted by Crippen LogP contribution is 2.36. The van der Waals surface area contributed by atoms with Crippen molar-refractivity contribution in [1.29, 1.82) is 0 Å². The standard InChI is InChI=1S/C13H21N5.C2H6/c1-18(15)12-5-3-2-4-11(12)13(10-17-14)6-8-16-9-7-13;1-2/h2-5,10,16H,6-9,14-15H2,1H3;1-2H3/b17-10+;. The third-order valence-corrected chi connectivity index (χ3v) is 3.64. The van der Waals surface area contributed by atoms with Gasteiger partial charge in [-0.1, -0.05) is 32.0 Å². The van der Waals surface area contributed by atoms with Gasteiger partial charge in [-0.2, -0.15) is 5.10 Å². The number of nitrogens with zero attached hydrogens (tertiary/aromatic N) is 2. The molecule has 0 saturated carbocycles. The monoisotopic (exact) mass is 277 g/mol. The maximum absolute atomic E-state index is 5.92. The second-order valence-electron chi connectivity index (χ2n) is 4.81. The lowest BCUT2D eigenvalue weighted by molar-refractivity contribution is 0.403. The molecule has 0 aliphatic carbocycles. The van der Waals surface area contributed by atoms with Gasteiger partial charge in [0.25, 0.3) is 0 Å². The van der Waals surface area contributed by atoms with Gasteiger partial charge in [0.2, 0.25) is 0 Å². The topological polar surface area (TPSA) is 79.7 Å². The fourth-order valence-electron chi connectivity index (χ4n) is 2.69. The average Bonchev–Trinajstić information content (AvgIpc) is 2.50. The van der Waals surface area contributed by atoms with E-state index in [1.165, 1.54) is 5.56 Å². The van der Waals surface area contributed by atoms with E-state index in [9.17, 15) is 0 Å². The van der Waals surface area contributed by atoms with E-state index in [1.807, 2.05) is 45.3 Å². The summed E-state index contributed by atoms with van der Waals surface area (Å²) >= 11 is 0. The van der Waals surface area contributed by atoms with E-state index < -0.39 is 0 Å². The molecule has 0 bridgehead atoms. The minimum absolute atomic E-state index is 0.107. The maximum Gasteiger partial charge on any atom is 0.0555 e. The molecule has 2 rings (SSSR count). The third-order valence-electron chi connectivity index (χ3n) is 3.64. The molecule has 1 saturated heterocycles. The minimum atomic E-state index is -0.107. The molecule has 1 aromatic rings. The summed E-state index contributed by atoms with van der Waals surface area (Å²) in [5.41, 5.74) is 2.12. The van der Waals surface area contributed by atoms with Gasteiger partial charge >= 0.3 is 0 Å². The predicted molar refractivity (Wildman–Crippen MR) is 86.8 cm³/mol. The van der Waals surface area contributed by atoms with Crippen molar-refractivity contribution in [1.82, 2.24) is 5.32 Å². The molecule has 0 unspecified atom stereocenters. The van der Waals surface area contributed by atoms with Crippen LogP contribution in [0.5, 0.6) is 0 Å². The van der Waals surface area contributed by atoms with Gasteiger partial charge in [-0.15, -0.1) is 0 Å². The first-order chi connectivity index (χ1) is 9.69. The van der Waals surface area contributed by atoms with E-state index in [0.29, 0.717) is 0 Å². The van der Waals surface area contributed by atoms with Crippen molar-refractivity contribution in [2.24, 2.45) is 16.8 Å². The van der Waals surface area contributed by atoms with Crippen molar-refractivity contribution in [2.75, 3.05) is 25.1 Å². The highest BCUT2D eigenvalue weighted by atomic mass is 15.4. The second kappa shape index (κ2) is 7.87. The molecule has 20 heavy (non-hydrogen) atoms. The molecule has 0 aromatic heterocycles. The highest BCUT2D eigenvalue weighted by molar-refractivity contribution is 5.77. The molecule has 0 spiro atoms. The van der Waals surface area contributed by atoms with Crippen LogP contribution in [0.3, 0.4) is 0 Å². The zero-order valence-electron chi connectivity index (χ0n) is 12.8. The number of nitrogens with two attached hydrogens (primary N) is 2. The Balaban J connectivity index is 0.000000956. The van der Waals surface area contributed by atoms with Gasteiger partial charge in [-0.25, -0.2) is 5.84 Å². The van der Waals surface area contributed by atoms with Gasteiger partial charge in [0, 0.05) is 18.7 Å². The summed E-state index contributed by atoms with van der Waals surface area (Å²) in [6, 6.07) is 8.18. The number of hydrazine groups is 1. The van der Waals surface area contributed by atoms with Crippen molar-refractivity contribution in [3.63, 3.8) is 0 Å². The number of hydrogen-bond acceptors (Lipinski definition) is 5. The van der Waals surface area contributed by atoms with Crippen molar-refractivity contribution < 1.29 is 0 Å². The fourth-order valence-corrected chi connectivity index (χ4v) is 2.69. The van der Waals surface area contributed by atoms with E-state index in [1.54, 1.807) is 5.01 Å². The van der Waals surface area contributed by atoms with Crippen molar-refractivity contribution in [3.05, 3.63) is 29.8 Å². The largest absolute Gasteiger partial charge is 0.324 e. The Morgan fingerprint density at radius 3 is 2.40 bits per heavy atom. The lowest BCUT2D eigenvalue weighted by Crippen LogP contribution is -2.42. The number of hydrazone groups is 1. The van der Waals surface area contributed by atoms with E-state index >= 15 is 0 Å². The normalized spacial score (nSPS) is 17.4. The van der Waals surface area contributed by atoms with Crippen LogP contribution >= 0.6 is 0 Å². The number of nitrogens with one attached hydrogen (secondary N) is 1. The molecule has 0 amide bonds. The van der Waals surface area contributed by atoms with Gasteiger partial charge in [-0.05, 0) is 37.6 Å². The lowest BCUT2D eigenvalue weighted by atomic mass is 9.73. The van der Waals surface area contributed by atoms with Gasteiger partial charge in [0.05, 0.1) is 5.69 Å². The number of piperidine rings is 1. The van der Waals surface area contributed by atoms with Gasteiger partial charge in [0.1, 0.15) is 0 Å². The van der Waals surface area contributed by atoms with Crippen LogP contribution in [0.15, 0.2) is 29.4 Å². The first kappa shape index (κ1) is 16.5. The van der Waals surface area contributed by atoms with E-state index in [2.05, 4.69) is 16.5 Å². The molecule has 5 N–H and O–H groups in total. The van der Waals surface area contributed by atoms with E-state index in [-0.39, 0.29) is 5.41 Å². The van der Waals surface area contributed by atoms with Crippen molar-refractivity contribution in [3.8, 4) is 0 Å². The molecule has 1 aromatic carbocycles. The Bertz CT molecular complexity index is 422. The molecule has 1 aliphatic rings. The molecule has 0 atom stereocenters. The zero-order valence-corrected chi connectivity index (χ0v) is 12.8. The number of benzene rings is 1. The van der Waals surface area contributed by atoms with Gasteiger partial charge in [-0.3, -0.25) is 0 Å². The quantitative estimate of drug-likeness (QED) is 0.445. The number of para-hydroxylation sites is 1. The molecule has 0 radical (unpaired) electrons. The van der Waals surface area contributed by atoms with E-state index in [4.69, 9.17) is 11.7 Å². The summed E-state index contributed by atoms with van der Waals surface area (Å²) < 4.78 is 0. The van der Waals surface area contributed by atoms with Crippen LogP contribution < -0.4 is 22.0 Å². The van der Waals surface area contributed by atoms with E-state index in [0.717, 1.165) is 31.6 Å². The first-order valence-electron chi connectivity index (χ1n) is 7.23. The van der Waals surface area contributed by atoms with Gasteiger partial charge in [0.15, 0.2) is 0 Å². The summed E-state index contributed by atoms with van der Waals surface area (Å²) in [6.07, 6.45) is 3.84. The van der Waals surface area contributed by atoms with Gasteiger partial charge < -0.3 is 16.2 Å². The van der Waals surface area contributed by atoms with Crippen LogP contribution in [0, 0.1) is 0 Å². The second-order valence-corrected chi connectivity index (χ2v) is 4.81. The SMILES string of the molecule is CC.CN(N)c1ccccc1C1(/C=N/N)CCNCC1. The zero-order chi connectivity index (χ0) is 15.0. The molecule has 5 nitrogen and oxygen atoms in total. The smallest absolute Gasteiger partial charge is 0.0555 e. The highest BCUT2D eigenvalue weighted by Gasteiger charge is 2.34. The molecule has 1 aliphatic heterocycles. The minimum Gasteiger partial charge on any atom is -0.324 e. The molecular formula is C15H27N5. The molecule has 1 heterocycles. The van der Waals surface area contributed by atoms with Crippen LogP contribution in [0.4, 0.5) is 5.69 Å².